The van der Waals surface area contributed by atoms with E-state index < -0.39 is 11.6 Å². The van der Waals surface area contributed by atoms with Gasteiger partial charge in [0.15, 0.2) is 5.54 Å². The summed E-state index contributed by atoms with van der Waals surface area (Å²) in [5.74, 6) is 1.60. The first-order chi connectivity index (χ1) is 16.0. The van der Waals surface area contributed by atoms with Crippen molar-refractivity contribution < 1.29 is 19.4 Å². The van der Waals surface area contributed by atoms with E-state index in [2.05, 4.69) is 26.8 Å². The molecule has 1 amide bonds. The average molecular weight is 516 g/mol. The average Bonchev–Trinajstić information content (AvgIpc) is 3.58. The van der Waals surface area contributed by atoms with Gasteiger partial charge in [0.2, 0.25) is 5.90 Å². The van der Waals surface area contributed by atoms with Gasteiger partial charge in [-0.1, -0.05) is 28.1 Å². The lowest BCUT2D eigenvalue weighted by atomic mass is 9.86. The van der Waals surface area contributed by atoms with Gasteiger partial charge in [0, 0.05) is 36.0 Å². The van der Waals surface area contributed by atoms with Gasteiger partial charge in [0.25, 0.3) is 5.91 Å². The summed E-state index contributed by atoms with van der Waals surface area (Å²) >= 11 is 3.47. The smallest absolute Gasteiger partial charge is 0.266 e. The van der Waals surface area contributed by atoms with Crippen LogP contribution in [-0.4, -0.2) is 48.3 Å². The third-order valence-electron chi connectivity index (χ3n) is 6.00. The summed E-state index contributed by atoms with van der Waals surface area (Å²) in [6.07, 6.45) is 2.96. The Kier molecular flexibility index (Phi) is 7.67. The molecule has 0 aromatic heterocycles. The van der Waals surface area contributed by atoms with Gasteiger partial charge in [-0.2, -0.15) is 0 Å². The second kappa shape index (κ2) is 10.7. The van der Waals surface area contributed by atoms with Gasteiger partial charge in [-0.25, -0.2) is 10.4 Å². The number of carbonyl (C=O) groups is 1. The summed E-state index contributed by atoms with van der Waals surface area (Å²) in [6, 6.07) is 15.4. The maximum Gasteiger partial charge on any atom is 0.266 e. The van der Waals surface area contributed by atoms with Crippen LogP contribution in [0, 0.1) is 5.92 Å². The van der Waals surface area contributed by atoms with Crippen molar-refractivity contribution in [1.29, 1.82) is 0 Å². The van der Waals surface area contributed by atoms with E-state index in [1.165, 1.54) is 12.8 Å². The first kappa shape index (κ1) is 23.7. The number of benzene rings is 2. The highest BCUT2D eigenvalue weighted by Crippen LogP contribution is 2.33. The van der Waals surface area contributed by atoms with Crippen LogP contribution in [-0.2, 0) is 16.0 Å². The number of hydrogen-bond donors (Lipinski definition) is 3. The minimum Gasteiger partial charge on any atom is -0.494 e. The summed E-state index contributed by atoms with van der Waals surface area (Å²) in [5.41, 5.74) is 6.67. The lowest BCUT2D eigenvalue weighted by Crippen LogP contribution is -2.56. The molecular formula is C25H30BrN3O4. The topological polar surface area (TPSA) is 92.2 Å². The number of aliphatic hydroxyl groups excluding tert-OH is 1. The molecule has 2 aromatic rings. The molecular weight excluding hydrogens is 486 g/mol. The van der Waals surface area contributed by atoms with Crippen LogP contribution in [0.4, 0.5) is 0 Å². The molecule has 3 N–H and O–H groups in total. The van der Waals surface area contributed by atoms with Gasteiger partial charge in [-0.3, -0.25) is 10.2 Å². The van der Waals surface area contributed by atoms with Gasteiger partial charge in [0.05, 0.1) is 6.61 Å². The van der Waals surface area contributed by atoms with E-state index in [1.54, 1.807) is 0 Å². The number of rotatable bonds is 11. The Morgan fingerprint density at radius 3 is 2.61 bits per heavy atom. The minimum atomic E-state index is -1.09. The van der Waals surface area contributed by atoms with Crippen molar-refractivity contribution >= 4 is 27.7 Å². The van der Waals surface area contributed by atoms with E-state index in [0.29, 0.717) is 37.0 Å². The molecule has 0 saturated heterocycles. The van der Waals surface area contributed by atoms with Crippen molar-refractivity contribution in [3.05, 3.63) is 64.1 Å². The Bertz CT molecular complexity index is 976. The zero-order valence-corrected chi connectivity index (χ0v) is 20.3. The quantitative estimate of drug-likeness (QED) is 0.315. The van der Waals surface area contributed by atoms with Crippen LogP contribution in [0.15, 0.2) is 58.0 Å². The van der Waals surface area contributed by atoms with Crippen LogP contribution >= 0.6 is 15.9 Å². The second-order valence-corrected chi connectivity index (χ2v) is 9.55. The van der Waals surface area contributed by atoms with Crippen molar-refractivity contribution in [1.82, 2.24) is 10.9 Å². The van der Waals surface area contributed by atoms with Crippen LogP contribution in [0.2, 0.25) is 0 Å². The Morgan fingerprint density at radius 2 is 1.94 bits per heavy atom. The molecule has 8 heteroatoms. The standard InChI is InChI=1S/C25H30BrN3O4/c1-17-25(15-18-5-9-21(26)10-6-18,24(31)29-27-16-19-3-4-19)28-23(33-17)20-7-11-22(12-8-20)32-14-2-13-30/h5-12,17,19,27,30H,2-4,13-16H2,1H3,(H,29,31)/t17-,25-/m0/s1. The first-order valence-electron chi connectivity index (χ1n) is 11.4. The van der Waals surface area contributed by atoms with Gasteiger partial charge < -0.3 is 14.6 Å². The third-order valence-corrected chi connectivity index (χ3v) is 6.53. The lowest BCUT2D eigenvalue weighted by Gasteiger charge is -2.28. The first-order valence-corrected chi connectivity index (χ1v) is 12.2. The zero-order chi connectivity index (χ0) is 23.3. The number of aliphatic imine (C=N–C) groups is 1. The number of hydrogen-bond acceptors (Lipinski definition) is 6. The molecule has 0 spiro atoms. The highest BCUT2D eigenvalue weighted by molar-refractivity contribution is 9.10. The summed E-state index contributed by atoms with van der Waals surface area (Å²) in [5, 5.41) is 8.90. The summed E-state index contributed by atoms with van der Waals surface area (Å²) in [6.45, 7) is 3.21. The van der Waals surface area contributed by atoms with Crippen molar-refractivity contribution in [3.8, 4) is 5.75 Å². The number of hydrazine groups is 1. The third kappa shape index (κ3) is 5.93. The monoisotopic (exact) mass is 515 g/mol. The van der Waals surface area contributed by atoms with Crippen LogP contribution in [0.1, 0.15) is 37.3 Å². The fourth-order valence-corrected chi connectivity index (χ4v) is 4.03. The Balaban J connectivity index is 1.55. The summed E-state index contributed by atoms with van der Waals surface area (Å²) < 4.78 is 12.7. The molecule has 7 nitrogen and oxygen atoms in total. The van der Waals surface area contributed by atoms with E-state index in [4.69, 9.17) is 19.6 Å². The molecule has 2 atom stereocenters. The van der Waals surface area contributed by atoms with Crippen molar-refractivity contribution in [2.75, 3.05) is 19.8 Å². The van der Waals surface area contributed by atoms with E-state index in [0.717, 1.165) is 22.1 Å². The minimum absolute atomic E-state index is 0.0959. The highest BCUT2D eigenvalue weighted by atomic mass is 79.9. The molecule has 1 fully saturated rings. The molecule has 0 radical (unpaired) electrons. The number of nitrogens with one attached hydrogen (secondary N) is 2. The Hall–Kier alpha value is -2.42. The van der Waals surface area contributed by atoms with E-state index in [9.17, 15) is 4.79 Å². The maximum absolute atomic E-state index is 13.4. The fourth-order valence-electron chi connectivity index (χ4n) is 3.76. The molecule has 1 heterocycles. The molecule has 2 aliphatic rings. The van der Waals surface area contributed by atoms with Crippen molar-refractivity contribution in [2.45, 2.75) is 44.2 Å². The summed E-state index contributed by atoms with van der Waals surface area (Å²) in [7, 11) is 0. The van der Waals surface area contributed by atoms with E-state index in [-0.39, 0.29) is 12.5 Å². The van der Waals surface area contributed by atoms with Gasteiger partial charge in [-0.15, -0.1) is 0 Å². The zero-order valence-electron chi connectivity index (χ0n) is 18.7. The number of ether oxygens (including phenoxy) is 2. The van der Waals surface area contributed by atoms with E-state index in [1.807, 2.05) is 55.5 Å². The molecule has 0 unspecified atom stereocenters. The number of halogens is 1. The van der Waals surface area contributed by atoms with Gasteiger partial charge in [-0.05, 0) is 67.6 Å². The lowest BCUT2D eigenvalue weighted by molar-refractivity contribution is -0.129. The summed E-state index contributed by atoms with van der Waals surface area (Å²) in [4.78, 5) is 18.3. The molecule has 4 rings (SSSR count). The predicted octanol–water partition coefficient (Wildman–Crippen LogP) is 3.39. The fraction of sp³-hybridized carbons (Fsp3) is 0.440. The number of amides is 1. The predicted molar refractivity (Wildman–Crippen MR) is 130 cm³/mol. The Morgan fingerprint density at radius 1 is 1.21 bits per heavy atom. The molecule has 33 heavy (non-hydrogen) atoms. The number of aliphatic hydroxyl groups is 1. The number of nitrogens with zero attached hydrogens (tertiary/aromatic N) is 1. The van der Waals surface area contributed by atoms with E-state index >= 15 is 0 Å². The van der Waals surface area contributed by atoms with Crippen LogP contribution in [0.3, 0.4) is 0 Å². The molecule has 1 aliphatic heterocycles. The van der Waals surface area contributed by atoms with Crippen LogP contribution in [0.5, 0.6) is 5.75 Å². The van der Waals surface area contributed by atoms with Gasteiger partial charge in [0.1, 0.15) is 11.9 Å². The maximum atomic E-state index is 13.4. The second-order valence-electron chi connectivity index (χ2n) is 8.63. The molecule has 2 aromatic carbocycles. The highest BCUT2D eigenvalue weighted by Gasteiger charge is 2.50. The van der Waals surface area contributed by atoms with Gasteiger partial charge >= 0.3 is 0 Å². The van der Waals surface area contributed by atoms with Crippen molar-refractivity contribution in [3.63, 3.8) is 0 Å². The molecule has 1 aliphatic carbocycles. The van der Waals surface area contributed by atoms with Crippen molar-refractivity contribution in [2.24, 2.45) is 10.9 Å². The normalized spacial score (nSPS) is 21.9. The van der Waals surface area contributed by atoms with Crippen LogP contribution < -0.4 is 15.6 Å². The molecule has 176 valence electrons. The Labute approximate surface area is 202 Å². The van der Waals surface area contributed by atoms with Crippen LogP contribution in [0.25, 0.3) is 0 Å². The SMILES string of the molecule is C[C@@H]1OC(c2ccc(OCCCO)cc2)=N[C@]1(Cc1ccc(Br)cc1)C(=O)NNCC1CC1. The number of carbonyl (C=O) groups excluding carboxylic acids is 1. The molecule has 1 saturated carbocycles. The molecule has 0 bridgehead atoms. The largest absolute Gasteiger partial charge is 0.494 e.